The number of ether oxygens (including phenoxy) is 1. The van der Waals surface area contributed by atoms with E-state index in [2.05, 4.69) is 21.0 Å². The van der Waals surface area contributed by atoms with Crippen LogP contribution in [0.15, 0.2) is 22.8 Å². The first-order valence-corrected chi connectivity index (χ1v) is 5.83. The molecule has 0 atom stereocenters. The Bertz CT molecular complexity index is 521. The zero-order chi connectivity index (χ0) is 10.4. The molecule has 0 unspecified atom stereocenters. The lowest BCUT2D eigenvalue weighted by Crippen LogP contribution is -2.30. The normalized spacial score (nSPS) is 16.9. The highest BCUT2D eigenvalue weighted by Gasteiger charge is 2.22. The predicted octanol–water partition coefficient (Wildman–Crippen LogP) is 3.02. The van der Waals surface area contributed by atoms with Crippen LogP contribution in [0.25, 0.3) is 10.9 Å². The van der Waals surface area contributed by atoms with E-state index in [9.17, 15) is 0 Å². The van der Waals surface area contributed by atoms with Gasteiger partial charge < -0.3 is 4.74 Å². The van der Waals surface area contributed by atoms with Crippen molar-refractivity contribution in [3.8, 4) is 0 Å². The molecule has 0 aliphatic carbocycles. The van der Waals surface area contributed by atoms with Gasteiger partial charge in [0.25, 0.3) is 0 Å². The van der Waals surface area contributed by atoms with E-state index >= 15 is 0 Å². The summed E-state index contributed by atoms with van der Waals surface area (Å²) in [5.41, 5.74) is 0.926. The maximum atomic E-state index is 6.17. The molecule has 0 bridgehead atoms. The summed E-state index contributed by atoms with van der Waals surface area (Å²) in [7, 11) is 0. The summed E-state index contributed by atoms with van der Waals surface area (Å²) in [5.74, 6) is 0. The number of fused-ring (bicyclic) bond motifs is 1. The van der Waals surface area contributed by atoms with E-state index in [4.69, 9.17) is 16.3 Å². The fourth-order valence-electron chi connectivity index (χ4n) is 1.61. The third-order valence-corrected chi connectivity index (χ3v) is 3.89. The van der Waals surface area contributed by atoms with Gasteiger partial charge in [-0.05, 0) is 28.1 Å². The molecule has 1 aromatic carbocycles. The zero-order valence-electron chi connectivity index (χ0n) is 7.78. The van der Waals surface area contributed by atoms with E-state index in [-0.39, 0.29) is 0 Å². The first-order chi connectivity index (χ1) is 7.25. The van der Waals surface area contributed by atoms with Crippen molar-refractivity contribution < 1.29 is 4.74 Å². The molecule has 0 radical (unpaired) electrons. The van der Waals surface area contributed by atoms with Crippen molar-refractivity contribution in [1.82, 2.24) is 9.78 Å². The van der Waals surface area contributed by atoms with Crippen LogP contribution in [0.1, 0.15) is 6.04 Å². The highest BCUT2D eigenvalue weighted by molar-refractivity contribution is 9.10. The lowest BCUT2D eigenvalue weighted by molar-refractivity contribution is -0.0283. The third kappa shape index (κ3) is 1.48. The molecule has 0 saturated carbocycles. The van der Waals surface area contributed by atoms with Gasteiger partial charge in [0.1, 0.15) is 0 Å². The molecule has 2 aromatic rings. The second-order valence-corrected chi connectivity index (χ2v) is 4.83. The topological polar surface area (TPSA) is 27.1 Å². The van der Waals surface area contributed by atoms with Gasteiger partial charge in [-0.2, -0.15) is 5.10 Å². The number of benzene rings is 1. The van der Waals surface area contributed by atoms with Crippen molar-refractivity contribution in [1.29, 1.82) is 0 Å². The van der Waals surface area contributed by atoms with E-state index in [1.807, 2.05) is 23.0 Å². The van der Waals surface area contributed by atoms with Crippen LogP contribution in [-0.2, 0) is 4.74 Å². The first kappa shape index (κ1) is 9.63. The van der Waals surface area contributed by atoms with Gasteiger partial charge in [-0.1, -0.05) is 11.6 Å². The third-order valence-electron chi connectivity index (χ3n) is 2.59. The smallest absolute Gasteiger partial charge is 0.0985 e. The van der Waals surface area contributed by atoms with Crippen LogP contribution in [0.5, 0.6) is 0 Å². The van der Waals surface area contributed by atoms with Crippen LogP contribution in [0.3, 0.4) is 0 Å². The lowest BCUT2D eigenvalue weighted by Gasteiger charge is -2.25. The van der Waals surface area contributed by atoms with E-state index in [1.165, 1.54) is 0 Å². The Morgan fingerprint density at radius 1 is 1.47 bits per heavy atom. The Labute approximate surface area is 100 Å². The highest BCUT2D eigenvalue weighted by Crippen LogP contribution is 2.31. The Morgan fingerprint density at radius 3 is 2.93 bits per heavy atom. The average Bonchev–Trinajstić information content (AvgIpc) is 2.53. The molecule has 3 rings (SSSR count). The van der Waals surface area contributed by atoms with Gasteiger partial charge in [0.05, 0.1) is 29.8 Å². The molecule has 15 heavy (non-hydrogen) atoms. The molecule has 1 saturated heterocycles. The molecule has 1 aromatic heterocycles. The molecule has 0 N–H and O–H groups in total. The van der Waals surface area contributed by atoms with Crippen LogP contribution in [0.2, 0.25) is 5.02 Å². The van der Waals surface area contributed by atoms with E-state index in [0.717, 1.165) is 33.6 Å². The summed E-state index contributed by atoms with van der Waals surface area (Å²) < 4.78 is 7.98. The quantitative estimate of drug-likeness (QED) is 0.806. The van der Waals surface area contributed by atoms with Crippen molar-refractivity contribution in [2.75, 3.05) is 13.2 Å². The van der Waals surface area contributed by atoms with Gasteiger partial charge in [-0.3, -0.25) is 4.68 Å². The van der Waals surface area contributed by atoms with Gasteiger partial charge >= 0.3 is 0 Å². The van der Waals surface area contributed by atoms with Crippen molar-refractivity contribution in [2.45, 2.75) is 6.04 Å². The van der Waals surface area contributed by atoms with E-state index < -0.39 is 0 Å². The van der Waals surface area contributed by atoms with Crippen LogP contribution < -0.4 is 0 Å². The van der Waals surface area contributed by atoms with Crippen LogP contribution in [-0.4, -0.2) is 23.0 Å². The molecular formula is C10H8BrClN2O. The van der Waals surface area contributed by atoms with Gasteiger partial charge in [0.2, 0.25) is 0 Å². The fraction of sp³-hybridized carbons (Fsp3) is 0.300. The largest absolute Gasteiger partial charge is 0.377 e. The second kappa shape index (κ2) is 3.47. The molecular weight excluding hydrogens is 279 g/mol. The Kier molecular flexibility index (Phi) is 2.23. The first-order valence-electron chi connectivity index (χ1n) is 4.66. The minimum atomic E-state index is 0.368. The average molecular weight is 288 g/mol. The van der Waals surface area contributed by atoms with Crippen LogP contribution in [0, 0.1) is 0 Å². The highest BCUT2D eigenvalue weighted by atomic mass is 79.9. The van der Waals surface area contributed by atoms with Crippen LogP contribution in [0.4, 0.5) is 0 Å². The van der Waals surface area contributed by atoms with E-state index in [0.29, 0.717) is 6.04 Å². The summed E-state index contributed by atoms with van der Waals surface area (Å²) in [5, 5.41) is 6.17. The van der Waals surface area contributed by atoms with Gasteiger partial charge in [-0.25, -0.2) is 0 Å². The number of rotatable bonds is 1. The molecule has 1 aliphatic rings. The number of hydrogen-bond acceptors (Lipinski definition) is 2. The number of hydrogen-bond donors (Lipinski definition) is 0. The second-order valence-electron chi connectivity index (χ2n) is 3.59. The van der Waals surface area contributed by atoms with Gasteiger partial charge in [0, 0.05) is 16.1 Å². The predicted molar refractivity (Wildman–Crippen MR) is 62.3 cm³/mol. The SMILES string of the molecule is Clc1c(Br)ccc2nn(C3COC3)cc12. The standard InChI is InChI=1S/C10H8BrClN2O/c11-8-1-2-9-7(10(8)12)3-14(13-9)6-4-15-5-6/h1-3,6H,4-5H2. The van der Waals surface area contributed by atoms with Crippen molar-refractivity contribution >= 4 is 38.4 Å². The van der Waals surface area contributed by atoms with E-state index in [1.54, 1.807) is 0 Å². The van der Waals surface area contributed by atoms with Crippen molar-refractivity contribution in [2.24, 2.45) is 0 Å². The van der Waals surface area contributed by atoms with Crippen molar-refractivity contribution in [3.05, 3.63) is 27.8 Å². The molecule has 78 valence electrons. The zero-order valence-corrected chi connectivity index (χ0v) is 10.1. The fourth-order valence-corrected chi connectivity index (χ4v) is 2.17. The Hall–Kier alpha value is -0.580. The van der Waals surface area contributed by atoms with Crippen molar-refractivity contribution in [3.63, 3.8) is 0 Å². The monoisotopic (exact) mass is 286 g/mol. The number of halogens is 2. The summed E-state index contributed by atoms with van der Waals surface area (Å²) >= 11 is 9.57. The Balaban J connectivity index is 2.16. The summed E-state index contributed by atoms with van der Waals surface area (Å²) in [6.07, 6.45) is 1.98. The molecule has 2 heterocycles. The summed E-state index contributed by atoms with van der Waals surface area (Å²) in [6, 6.07) is 4.24. The molecule has 3 nitrogen and oxygen atoms in total. The molecule has 1 aliphatic heterocycles. The molecule has 1 fully saturated rings. The molecule has 5 heteroatoms. The van der Waals surface area contributed by atoms with Gasteiger partial charge in [0.15, 0.2) is 0 Å². The Morgan fingerprint density at radius 2 is 2.27 bits per heavy atom. The summed E-state index contributed by atoms with van der Waals surface area (Å²) in [6.45, 7) is 1.49. The van der Waals surface area contributed by atoms with Crippen LogP contribution >= 0.6 is 27.5 Å². The number of aromatic nitrogens is 2. The molecule has 0 spiro atoms. The van der Waals surface area contributed by atoms with Gasteiger partial charge in [-0.15, -0.1) is 0 Å². The lowest BCUT2D eigenvalue weighted by atomic mass is 10.2. The minimum Gasteiger partial charge on any atom is -0.377 e. The minimum absolute atomic E-state index is 0.368. The maximum absolute atomic E-state index is 6.17. The maximum Gasteiger partial charge on any atom is 0.0985 e. The summed E-state index contributed by atoms with van der Waals surface area (Å²) in [4.78, 5) is 0. The number of nitrogens with zero attached hydrogens (tertiary/aromatic N) is 2. The molecule has 0 amide bonds.